The Bertz CT molecular complexity index is 986. The number of pyridine rings is 1. The van der Waals surface area contributed by atoms with Crippen LogP contribution in [-0.2, 0) is 20.7 Å². The lowest BCUT2D eigenvalue weighted by molar-refractivity contribution is -0.151. The number of hydrogen-bond donors (Lipinski definition) is 0. The second-order valence-corrected chi connectivity index (χ2v) is 7.76. The van der Waals surface area contributed by atoms with Crippen LogP contribution in [-0.4, -0.2) is 59.5 Å². The van der Waals surface area contributed by atoms with Gasteiger partial charge >= 0.3 is 5.97 Å². The van der Waals surface area contributed by atoms with Crippen LogP contribution in [0.3, 0.4) is 0 Å². The smallest absolute Gasteiger partial charge is 0.312 e. The van der Waals surface area contributed by atoms with Gasteiger partial charge in [0.05, 0.1) is 12.1 Å². The van der Waals surface area contributed by atoms with E-state index in [0.29, 0.717) is 31.9 Å². The molecular formula is C22H22N4O3S. The summed E-state index contributed by atoms with van der Waals surface area (Å²) in [5, 5.41) is 2.71. The zero-order chi connectivity index (χ0) is 20.8. The predicted octanol–water partition coefficient (Wildman–Crippen LogP) is 2.64. The van der Waals surface area contributed by atoms with Crippen molar-refractivity contribution < 1.29 is 14.3 Å². The second-order valence-electron chi connectivity index (χ2n) is 6.90. The molecule has 0 aliphatic carbocycles. The molecule has 1 aliphatic rings. The van der Waals surface area contributed by atoms with E-state index < -0.39 is 5.97 Å². The zero-order valence-electron chi connectivity index (χ0n) is 16.4. The maximum atomic E-state index is 12.4. The molecule has 0 spiro atoms. The number of amides is 1. The number of piperazine rings is 1. The van der Waals surface area contributed by atoms with E-state index in [-0.39, 0.29) is 18.9 Å². The molecule has 2 aromatic heterocycles. The lowest BCUT2D eigenvalue weighted by atomic mass is 10.2. The monoisotopic (exact) mass is 422 g/mol. The fourth-order valence-electron chi connectivity index (χ4n) is 3.26. The molecule has 0 bridgehead atoms. The molecule has 0 atom stereocenters. The van der Waals surface area contributed by atoms with Gasteiger partial charge in [0.1, 0.15) is 10.8 Å². The third-order valence-electron chi connectivity index (χ3n) is 4.86. The van der Waals surface area contributed by atoms with Gasteiger partial charge in [0, 0.05) is 43.3 Å². The van der Waals surface area contributed by atoms with Gasteiger partial charge in [-0.05, 0) is 12.1 Å². The first-order valence-corrected chi connectivity index (χ1v) is 10.7. The summed E-state index contributed by atoms with van der Waals surface area (Å²) in [6, 6.07) is 15.6. The number of anilines is 1. The Kier molecular flexibility index (Phi) is 6.34. The fourth-order valence-corrected chi connectivity index (χ4v) is 4.09. The molecule has 1 aliphatic heterocycles. The van der Waals surface area contributed by atoms with Crippen molar-refractivity contribution in [2.45, 2.75) is 6.42 Å². The number of ether oxygens (including phenoxy) is 1. The molecule has 4 rings (SSSR count). The van der Waals surface area contributed by atoms with Crippen molar-refractivity contribution in [2.75, 3.05) is 37.7 Å². The molecule has 7 nitrogen and oxygen atoms in total. The molecule has 1 fully saturated rings. The molecule has 30 heavy (non-hydrogen) atoms. The van der Waals surface area contributed by atoms with Gasteiger partial charge in [0.2, 0.25) is 0 Å². The quantitative estimate of drug-likeness (QED) is 0.569. The summed E-state index contributed by atoms with van der Waals surface area (Å²) in [7, 11) is 0. The standard InChI is InChI=1S/C22H22N4O3S/c27-20(26-12-10-25(11-13-26)19-8-4-5-9-23-19)15-29-21(28)14-18-16-30-22(24-18)17-6-2-1-3-7-17/h1-9,16H,10-15H2. The number of benzene rings is 1. The Morgan fingerprint density at radius 2 is 1.77 bits per heavy atom. The second kappa shape index (κ2) is 9.49. The molecule has 0 radical (unpaired) electrons. The number of thiazole rings is 1. The van der Waals surface area contributed by atoms with Crippen LogP contribution in [0.2, 0.25) is 0 Å². The highest BCUT2D eigenvalue weighted by Crippen LogP contribution is 2.23. The highest BCUT2D eigenvalue weighted by Gasteiger charge is 2.22. The van der Waals surface area contributed by atoms with E-state index in [2.05, 4.69) is 14.9 Å². The van der Waals surface area contributed by atoms with Gasteiger partial charge in [-0.3, -0.25) is 9.59 Å². The van der Waals surface area contributed by atoms with Gasteiger partial charge in [-0.1, -0.05) is 36.4 Å². The van der Waals surface area contributed by atoms with Crippen LogP contribution in [0.5, 0.6) is 0 Å². The molecule has 1 saturated heterocycles. The van der Waals surface area contributed by atoms with Gasteiger partial charge < -0.3 is 14.5 Å². The van der Waals surface area contributed by atoms with Crippen molar-refractivity contribution in [1.29, 1.82) is 0 Å². The first kappa shape index (κ1) is 20.0. The van der Waals surface area contributed by atoms with Crippen LogP contribution >= 0.6 is 11.3 Å². The minimum absolute atomic E-state index is 0.0596. The van der Waals surface area contributed by atoms with Crippen molar-refractivity contribution in [2.24, 2.45) is 0 Å². The number of hydrogen-bond acceptors (Lipinski definition) is 7. The summed E-state index contributed by atoms with van der Waals surface area (Å²) in [4.78, 5) is 37.2. The summed E-state index contributed by atoms with van der Waals surface area (Å²) < 4.78 is 5.20. The minimum Gasteiger partial charge on any atom is -0.455 e. The SMILES string of the molecule is O=C(Cc1csc(-c2ccccc2)n1)OCC(=O)N1CCN(c2ccccn2)CC1. The lowest BCUT2D eigenvalue weighted by Gasteiger charge is -2.35. The van der Waals surface area contributed by atoms with E-state index in [1.54, 1.807) is 11.1 Å². The van der Waals surface area contributed by atoms with Crippen LogP contribution in [0.25, 0.3) is 10.6 Å². The molecule has 1 amide bonds. The summed E-state index contributed by atoms with van der Waals surface area (Å²) in [6.45, 7) is 2.34. The number of carbonyl (C=O) groups excluding carboxylic acids is 2. The minimum atomic E-state index is -0.444. The van der Waals surface area contributed by atoms with E-state index in [1.807, 2.05) is 53.9 Å². The number of esters is 1. The maximum absolute atomic E-state index is 12.4. The van der Waals surface area contributed by atoms with Gasteiger partial charge in [0.15, 0.2) is 6.61 Å². The molecular weight excluding hydrogens is 400 g/mol. The van der Waals surface area contributed by atoms with Crippen molar-refractivity contribution >= 4 is 29.0 Å². The van der Waals surface area contributed by atoms with Crippen molar-refractivity contribution in [3.63, 3.8) is 0 Å². The molecule has 0 N–H and O–H groups in total. The Hall–Kier alpha value is -3.26. The molecule has 1 aromatic carbocycles. The van der Waals surface area contributed by atoms with E-state index in [0.717, 1.165) is 16.4 Å². The fraction of sp³-hybridized carbons (Fsp3) is 0.273. The summed E-state index contributed by atoms with van der Waals surface area (Å²) in [6.07, 6.45) is 1.82. The van der Waals surface area contributed by atoms with Crippen molar-refractivity contribution in [3.8, 4) is 10.6 Å². The van der Waals surface area contributed by atoms with E-state index in [1.165, 1.54) is 11.3 Å². The molecule has 0 saturated carbocycles. The van der Waals surface area contributed by atoms with E-state index >= 15 is 0 Å². The van der Waals surface area contributed by atoms with Gasteiger partial charge in [-0.2, -0.15) is 0 Å². The first-order chi connectivity index (χ1) is 14.7. The van der Waals surface area contributed by atoms with Crippen LogP contribution in [0.4, 0.5) is 5.82 Å². The van der Waals surface area contributed by atoms with Gasteiger partial charge in [0.25, 0.3) is 5.91 Å². The third-order valence-corrected chi connectivity index (χ3v) is 5.80. The van der Waals surface area contributed by atoms with Crippen LogP contribution < -0.4 is 4.90 Å². The van der Waals surface area contributed by atoms with Crippen molar-refractivity contribution in [3.05, 3.63) is 65.8 Å². The normalized spacial score (nSPS) is 13.9. The average molecular weight is 423 g/mol. The Morgan fingerprint density at radius 3 is 2.50 bits per heavy atom. The highest BCUT2D eigenvalue weighted by molar-refractivity contribution is 7.13. The van der Waals surface area contributed by atoms with Gasteiger partial charge in [-0.15, -0.1) is 11.3 Å². The van der Waals surface area contributed by atoms with Gasteiger partial charge in [-0.25, -0.2) is 9.97 Å². The maximum Gasteiger partial charge on any atom is 0.312 e. The molecule has 3 heterocycles. The van der Waals surface area contributed by atoms with Crippen LogP contribution in [0.1, 0.15) is 5.69 Å². The van der Waals surface area contributed by atoms with E-state index in [9.17, 15) is 9.59 Å². The number of rotatable bonds is 6. The molecule has 3 aromatic rings. The summed E-state index contributed by atoms with van der Waals surface area (Å²) in [5.74, 6) is 0.293. The molecule has 0 unspecified atom stereocenters. The molecule has 8 heteroatoms. The largest absolute Gasteiger partial charge is 0.455 e. The predicted molar refractivity (Wildman–Crippen MR) is 115 cm³/mol. The topological polar surface area (TPSA) is 75.6 Å². The van der Waals surface area contributed by atoms with Crippen molar-refractivity contribution in [1.82, 2.24) is 14.9 Å². The Balaban J connectivity index is 1.22. The number of nitrogens with zero attached hydrogens (tertiary/aromatic N) is 4. The summed E-state index contributed by atoms with van der Waals surface area (Å²) in [5.41, 5.74) is 1.67. The van der Waals surface area contributed by atoms with E-state index in [4.69, 9.17) is 4.74 Å². The Labute approximate surface area is 178 Å². The average Bonchev–Trinajstić information content (AvgIpc) is 3.27. The first-order valence-electron chi connectivity index (χ1n) is 9.78. The molecule has 154 valence electrons. The summed E-state index contributed by atoms with van der Waals surface area (Å²) >= 11 is 1.49. The lowest BCUT2D eigenvalue weighted by Crippen LogP contribution is -2.50. The highest BCUT2D eigenvalue weighted by atomic mass is 32.1. The van der Waals surface area contributed by atoms with Crippen LogP contribution in [0, 0.1) is 0 Å². The van der Waals surface area contributed by atoms with Crippen LogP contribution in [0.15, 0.2) is 60.1 Å². The zero-order valence-corrected chi connectivity index (χ0v) is 17.3. The number of carbonyl (C=O) groups is 2. The number of aromatic nitrogens is 2. The third kappa shape index (κ3) is 5.01. The Morgan fingerprint density at radius 1 is 1.00 bits per heavy atom.